The van der Waals surface area contributed by atoms with Gasteiger partial charge in [0.2, 0.25) is 17.4 Å². The number of aliphatic hydroxyl groups is 1. The second kappa shape index (κ2) is 10.8. The predicted octanol–water partition coefficient (Wildman–Crippen LogP) is 3.54. The molecule has 44 heavy (non-hydrogen) atoms. The van der Waals surface area contributed by atoms with Crippen LogP contribution in [0.3, 0.4) is 0 Å². The number of aromatic amines is 1. The van der Waals surface area contributed by atoms with Crippen molar-refractivity contribution in [3.63, 3.8) is 0 Å². The molecule has 11 nitrogen and oxygen atoms in total. The minimum Gasteiger partial charge on any atom is -0.433 e. The Hall–Kier alpha value is -4.72. The first-order chi connectivity index (χ1) is 21.2. The number of anilines is 1. The molecule has 7 rings (SSSR count). The van der Waals surface area contributed by atoms with Crippen LogP contribution in [0.5, 0.6) is 11.6 Å². The van der Waals surface area contributed by atoms with Crippen LogP contribution in [-0.4, -0.2) is 84.8 Å². The normalized spacial score (nSPS) is 17.5. The molecule has 4 aromatic heterocycles. The number of nitrogen functional groups attached to an aromatic ring is 1. The van der Waals surface area contributed by atoms with Crippen molar-refractivity contribution in [3.05, 3.63) is 88.5 Å². The van der Waals surface area contributed by atoms with E-state index in [2.05, 4.69) is 31.9 Å². The van der Waals surface area contributed by atoms with Crippen molar-refractivity contribution in [2.45, 2.75) is 25.4 Å². The zero-order valence-electron chi connectivity index (χ0n) is 24.1. The van der Waals surface area contributed by atoms with Gasteiger partial charge in [-0.2, -0.15) is 5.10 Å². The smallest absolute Gasteiger partial charge is 0.219 e. The Morgan fingerprint density at radius 3 is 2.66 bits per heavy atom. The van der Waals surface area contributed by atoms with Crippen LogP contribution < -0.4 is 10.5 Å². The third kappa shape index (κ3) is 4.69. The Kier molecular flexibility index (Phi) is 6.87. The minimum absolute atomic E-state index is 0.0165. The van der Waals surface area contributed by atoms with Crippen molar-refractivity contribution in [1.82, 2.24) is 34.5 Å². The van der Waals surface area contributed by atoms with Gasteiger partial charge in [-0.25, -0.2) is 23.4 Å². The summed E-state index contributed by atoms with van der Waals surface area (Å²) in [7, 11) is 2.08. The summed E-state index contributed by atoms with van der Waals surface area (Å²) in [5.41, 5.74) is 11.2. The lowest BCUT2D eigenvalue weighted by Gasteiger charge is -2.48. The summed E-state index contributed by atoms with van der Waals surface area (Å²) in [6, 6.07) is 8.84. The van der Waals surface area contributed by atoms with E-state index in [9.17, 15) is 18.7 Å². The number of aryl methyl sites for hydroxylation is 1. The molecule has 13 heteroatoms. The first-order valence-corrected chi connectivity index (χ1v) is 14.3. The van der Waals surface area contributed by atoms with E-state index in [1.54, 1.807) is 13.0 Å². The van der Waals surface area contributed by atoms with Crippen LogP contribution in [0.15, 0.2) is 48.8 Å². The number of likely N-dealkylation sites (N-methyl/N-ethyl adjacent to an activating group) is 1. The van der Waals surface area contributed by atoms with Crippen LogP contribution in [-0.2, 0) is 6.42 Å². The average Bonchev–Trinajstić information content (AvgIpc) is 3.58. The van der Waals surface area contributed by atoms with Gasteiger partial charge in [0.25, 0.3) is 0 Å². The number of H-pyrrole nitrogens is 1. The highest BCUT2D eigenvalue weighted by Gasteiger charge is 2.38. The van der Waals surface area contributed by atoms with Gasteiger partial charge in [-0.3, -0.25) is 9.69 Å². The standard InChI is InChI=1S/C31H30F2N8O3/c1-16-8-27(44-30-20(32)4-3-5-21(30)33)35-12-25(16)41-31(34)19(11-36-41)29(43)24-10-23-22(37-24)9-17-6-7-40(18-13-39(2)14-18)26(15-42)28(17)38-23/h3-5,8-12,18,26,37,42H,6-7,13-15,34H2,1-2H3. The molecule has 1 unspecified atom stereocenters. The molecule has 0 bridgehead atoms. The number of likely N-dealkylation sites (tertiary alicyclic amines) is 1. The average molecular weight is 601 g/mol. The number of pyridine rings is 2. The van der Waals surface area contributed by atoms with Gasteiger partial charge in [-0.15, -0.1) is 0 Å². The third-order valence-corrected chi connectivity index (χ3v) is 8.46. The number of carbonyl (C=O) groups excluding carboxylic acids is 1. The van der Waals surface area contributed by atoms with Crippen LogP contribution in [0.25, 0.3) is 16.7 Å². The molecule has 226 valence electrons. The predicted molar refractivity (Wildman–Crippen MR) is 158 cm³/mol. The van der Waals surface area contributed by atoms with E-state index in [4.69, 9.17) is 15.5 Å². The van der Waals surface area contributed by atoms with E-state index in [0.717, 1.165) is 55.0 Å². The van der Waals surface area contributed by atoms with Gasteiger partial charge in [0, 0.05) is 31.7 Å². The lowest BCUT2D eigenvalue weighted by Crippen LogP contribution is -2.60. The summed E-state index contributed by atoms with van der Waals surface area (Å²) >= 11 is 0. The first-order valence-electron chi connectivity index (χ1n) is 14.3. The lowest BCUT2D eigenvalue weighted by atomic mass is 9.94. The Morgan fingerprint density at radius 2 is 1.95 bits per heavy atom. The molecule has 1 saturated heterocycles. The Balaban J connectivity index is 1.15. The minimum atomic E-state index is -0.850. The number of benzene rings is 1. The Bertz CT molecular complexity index is 1900. The Labute approximate surface area is 250 Å². The number of nitrogens with two attached hydrogens (primary N) is 1. The van der Waals surface area contributed by atoms with E-state index in [0.29, 0.717) is 28.5 Å². The molecular formula is C31H30F2N8O3. The van der Waals surface area contributed by atoms with E-state index in [1.165, 1.54) is 29.2 Å². The van der Waals surface area contributed by atoms with Gasteiger partial charge in [-0.05, 0) is 55.8 Å². The monoisotopic (exact) mass is 600 g/mol. The molecule has 0 saturated carbocycles. The van der Waals surface area contributed by atoms with Gasteiger partial charge < -0.3 is 25.5 Å². The number of aromatic nitrogens is 5. The van der Waals surface area contributed by atoms with Crippen LogP contribution in [0, 0.1) is 18.6 Å². The van der Waals surface area contributed by atoms with Gasteiger partial charge in [0.15, 0.2) is 11.6 Å². The van der Waals surface area contributed by atoms with E-state index >= 15 is 0 Å². The van der Waals surface area contributed by atoms with Crippen molar-refractivity contribution in [1.29, 1.82) is 0 Å². The molecule has 6 heterocycles. The van der Waals surface area contributed by atoms with E-state index in [1.807, 2.05) is 6.07 Å². The van der Waals surface area contributed by atoms with Crippen molar-refractivity contribution in [2.24, 2.45) is 0 Å². The van der Waals surface area contributed by atoms with Crippen LogP contribution in [0.2, 0.25) is 0 Å². The molecule has 2 aliphatic rings. The number of ketones is 1. The fraction of sp³-hybridized carbons (Fsp3) is 0.290. The van der Waals surface area contributed by atoms with Gasteiger partial charge in [0.1, 0.15) is 5.82 Å². The number of para-hydroxylation sites is 1. The Morgan fingerprint density at radius 1 is 1.18 bits per heavy atom. The maximum absolute atomic E-state index is 14.0. The quantitative estimate of drug-likeness (QED) is 0.240. The number of nitrogens with one attached hydrogen (secondary N) is 1. The van der Waals surface area contributed by atoms with Gasteiger partial charge in [0.05, 0.1) is 58.7 Å². The molecular weight excluding hydrogens is 570 g/mol. The highest BCUT2D eigenvalue weighted by Crippen LogP contribution is 2.34. The third-order valence-electron chi connectivity index (χ3n) is 8.46. The van der Waals surface area contributed by atoms with Crippen molar-refractivity contribution < 1.29 is 23.4 Å². The second-order valence-electron chi connectivity index (χ2n) is 11.4. The van der Waals surface area contributed by atoms with E-state index in [-0.39, 0.29) is 35.7 Å². The molecule has 0 aliphatic carbocycles. The number of carbonyl (C=O) groups is 1. The number of fused-ring (bicyclic) bond motifs is 2. The molecule has 0 spiro atoms. The van der Waals surface area contributed by atoms with Crippen LogP contribution in [0.1, 0.15) is 38.9 Å². The molecule has 2 aliphatic heterocycles. The van der Waals surface area contributed by atoms with Gasteiger partial charge in [-0.1, -0.05) is 6.07 Å². The largest absolute Gasteiger partial charge is 0.433 e. The SMILES string of the molecule is Cc1cc(Oc2c(F)cccc2F)ncc1-n1ncc(C(=O)c2cc3nc4c(cc3[nH]2)CCN(C2CN(C)C2)C4CO)c1N. The van der Waals surface area contributed by atoms with Gasteiger partial charge >= 0.3 is 0 Å². The summed E-state index contributed by atoms with van der Waals surface area (Å²) in [5.74, 6) is -2.53. The number of aliphatic hydroxyl groups excluding tert-OH is 1. The maximum atomic E-state index is 14.0. The summed E-state index contributed by atoms with van der Waals surface area (Å²) in [4.78, 5) is 30.4. The van der Waals surface area contributed by atoms with Crippen molar-refractivity contribution in [2.75, 3.05) is 39.0 Å². The number of nitrogens with zero attached hydrogens (tertiary/aromatic N) is 6. The summed E-state index contributed by atoms with van der Waals surface area (Å²) in [6.07, 6.45) is 3.60. The molecule has 1 atom stereocenters. The molecule has 4 N–H and O–H groups in total. The fourth-order valence-electron chi connectivity index (χ4n) is 6.14. The highest BCUT2D eigenvalue weighted by atomic mass is 19.1. The van der Waals surface area contributed by atoms with Crippen LogP contribution >= 0.6 is 0 Å². The molecule has 0 amide bonds. The first kappa shape index (κ1) is 28.1. The molecule has 0 radical (unpaired) electrons. The highest BCUT2D eigenvalue weighted by molar-refractivity contribution is 6.12. The zero-order chi connectivity index (χ0) is 30.7. The topological polar surface area (TPSA) is 138 Å². The second-order valence-corrected chi connectivity index (χ2v) is 11.4. The van der Waals surface area contributed by atoms with E-state index < -0.39 is 17.4 Å². The number of rotatable bonds is 7. The molecule has 5 aromatic rings. The fourth-order valence-corrected chi connectivity index (χ4v) is 6.14. The zero-order valence-corrected chi connectivity index (χ0v) is 24.1. The number of ether oxygens (including phenoxy) is 1. The number of hydrogen-bond acceptors (Lipinski definition) is 9. The molecule has 1 aromatic carbocycles. The van der Waals surface area contributed by atoms with Crippen molar-refractivity contribution >= 4 is 22.6 Å². The number of hydrogen-bond donors (Lipinski definition) is 3. The lowest BCUT2D eigenvalue weighted by molar-refractivity contribution is -0.00274. The summed E-state index contributed by atoms with van der Waals surface area (Å²) in [5, 5.41) is 14.6. The molecule has 1 fully saturated rings. The summed E-state index contributed by atoms with van der Waals surface area (Å²) < 4.78 is 34.8. The maximum Gasteiger partial charge on any atom is 0.219 e. The van der Waals surface area contributed by atoms with Crippen molar-refractivity contribution in [3.8, 4) is 17.3 Å². The van der Waals surface area contributed by atoms with Crippen LogP contribution in [0.4, 0.5) is 14.6 Å². The number of halogens is 2. The summed E-state index contributed by atoms with van der Waals surface area (Å²) in [6.45, 7) is 4.48.